The smallest absolute Gasteiger partial charge is 0.412 e. The van der Waals surface area contributed by atoms with Gasteiger partial charge in [-0.25, -0.2) is 4.79 Å². The van der Waals surface area contributed by atoms with Crippen molar-refractivity contribution >= 4 is 23.4 Å². The zero-order chi connectivity index (χ0) is 19.9. The summed E-state index contributed by atoms with van der Waals surface area (Å²) < 4.78 is 15.7. The van der Waals surface area contributed by atoms with Crippen molar-refractivity contribution in [2.45, 2.75) is 6.61 Å². The second kappa shape index (κ2) is 9.10. The quantitative estimate of drug-likeness (QED) is 0.620. The highest BCUT2D eigenvalue weighted by Gasteiger charge is 2.13. The number of hydrogen-bond acceptors (Lipinski definition) is 5. The number of amides is 1. The molecule has 3 rings (SSSR count). The van der Waals surface area contributed by atoms with Crippen LogP contribution in [0.5, 0.6) is 11.5 Å². The number of methoxy groups -OCH3 is 2. The number of nitrogens with one attached hydrogen (secondary N) is 1. The van der Waals surface area contributed by atoms with E-state index in [0.717, 1.165) is 16.7 Å². The monoisotopic (exact) mass is 398 g/mol. The lowest BCUT2D eigenvalue weighted by molar-refractivity contribution is 0.155. The minimum absolute atomic E-state index is 0.130. The van der Waals surface area contributed by atoms with Crippen LogP contribution in [0.25, 0.3) is 11.1 Å². The molecule has 28 heavy (non-hydrogen) atoms. The standard InChI is InChI=1S/C21H19ClN2O4/c1-26-19-11-20(27-2)18(10-17(19)22)24-21(25)28-13-14-5-7-15(8-6-14)16-4-3-9-23-12-16/h3-12H,13H2,1-2H3,(H,24,25). The molecule has 1 heterocycles. The Labute approximate surface area is 168 Å². The maximum absolute atomic E-state index is 12.1. The lowest BCUT2D eigenvalue weighted by Gasteiger charge is -2.13. The molecule has 0 radical (unpaired) electrons. The molecule has 0 fully saturated rings. The molecule has 1 amide bonds. The molecular weight excluding hydrogens is 380 g/mol. The van der Waals surface area contributed by atoms with Crippen LogP contribution in [-0.2, 0) is 11.3 Å². The molecular formula is C21H19ClN2O4. The van der Waals surface area contributed by atoms with Crippen LogP contribution < -0.4 is 14.8 Å². The summed E-state index contributed by atoms with van der Waals surface area (Å²) in [5.74, 6) is 0.866. The molecule has 0 atom stereocenters. The second-order valence-electron chi connectivity index (χ2n) is 5.83. The van der Waals surface area contributed by atoms with Crippen molar-refractivity contribution in [1.29, 1.82) is 0 Å². The Bertz CT molecular complexity index is 947. The molecule has 1 N–H and O–H groups in total. The van der Waals surface area contributed by atoms with E-state index in [9.17, 15) is 4.79 Å². The first-order valence-corrected chi connectivity index (χ1v) is 8.83. The summed E-state index contributed by atoms with van der Waals surface area (Å²) in [4.78, 5) is 16.2. The SMILES string of the molecule is COc1cc(OC)c(NC(=O)OCc2ccc(-c3cccnc3)cc2)cc1Cl. The van der Waals surface area contributed by atoms with Crippen molar-refractivity contribution in [3.8, 4) is 22.6 Å². The average molecular weight is 399 g/mol. The van der Waals surface area contributed by atoms with Crippen LogP contribution in [0.15, 0.2) is 60.9 Å². The fourth-order valence-electron chi connectivity index (χ4n) is 2.58. The molecule has 144 valence electrons. The number of carbonyl (C=O) groups is 1. The van der Waals surface area contributed by atoms with Crippen LogP contribution in [0, 0.1) is 0 Å². The number of hydrogen-bond donors (Lipinski definition) is 1. The summed E-state index contributed by atoms with van der Waals surface area (Å²) in [5, 5.41) is 2.98. The summed E-state index contributed by atoms with van der Waals surface area (Å²) in [6.45, 7) is 0.130. The van der Waals surface area contributed by atoms with E-state index in [1.807, 2.05) is 36.4 Å². The van der Waals surface area contributed by atoms with E-state index >= 15 is 0 Å². The third kappa shape index (κ3) is 4.72. The van der Waals surface area contributed by atoms with Gasteiger partial charge in [-0.3, -0.25) is 10.3 Å². The number of pyridine rings is 1. The number of ether oxygens (including phenoxy) is 3. The van der Waals surface area contributed by atoms with Crippen LogP contribution in [0.2, 0.25) is 5.02 Å². The first kappa shape index (κ1) is 19.5. The summed E-state index contributed by atoms with van der Waals surface area (Å²) in [7, 11) is 2.99. The molecule has 0 aliphatic heterocycles. The molecule has 0 aliphatic carbocycles. The first-order chi connectivity index (χ1) is 13.6. The summed E-state index contributed by atoms with van der Waals surface area (Å²) in [5.41, 5.74) is 3.32. The van der Waals surface area contributed by atoms with E-state index in [1.54, 1.807) is 24.5 Å². The Balaban J connectivity index is 1.61. The minimum atomic E-state index is -0.615. The predicted molar refractivity (Wildman–Crippen MR) is 108 cm³/mol. The fraction of sp³-hybridized carbons (Fsp3) is 0.143. The highest BCUT2D eigenvalue weighted by atomic mass is 35.5. The second-order valence-corrected chi connectivity index (χ2v) is 6.23. The van der Waals surface area contributed by atoms with E-state index in [2.05, 4.69) is 10.3 Å². The van der Waals surface area contributed by atoms with Crippen LogP contribution in [0.4, 0.5) is 10.5 Å². The molecule has 1 aromatic heterocycles. The predicted octanol–water partition coefficient (Wildman–Crippen LogP) is 5.17. The Kier molecular flexibility index (Phi) is 6.34. The number of rotatable bonds is 6. The molecule has 0 saturated carbocycles. The fourth-order valence-corrected chi connectivity index (χ4v) is 2.82. The molecule has 0 aliphatic rings. The van der Waals surface area contributed by atoms with E-state index in [1.165, 1.54) is 14.2 Å². The normalized spacial score (nSPS) is 10.2. The van der Waals surface area contributed by atoms with Gasteiger partial charge in [0.2, 0.25) is 0 Å². The Morgan fingerprint density at radius 1 is 1.04 bits per heavy atom. The van der Waals surface area contributed by atoms with E-state index < -0.39 is 6.09 Å². The first-order valence-electron chi connectivity index (χ1n) is 8.45. The largest absolute Gasteiger partial charge is 0.495 e. The Morgan fingerprint density at radius 2 is 1.79 bits per heavy atom. The lowest BCUT2D eigenvalue weighted by Crippen LogP contribution is -2.14. The van der Waals surface area contributed by atoms with Crippen LogP contribution >= 0.6 is 11.6 Å². The minimum Gasteiger partial charge on any atom is -0.495 e. The number of nitrogens with zero attached hydrogens (tertiary/aromatic N) is 1. The van der Waals surface area contributed by atoms with Gasteiger partial charge in [-0.1, -0.05) is 41.9 Å². The van der Waals surface area contributed by atoms with Crippen LogP contribution in [0.1, 0.15) is 5.56 Å². The number of carbonyl (C=O) groups excluding carboxylic acids is 1. The number of halogens is 1. The van der Waals surface area contributed by atoms with Crippen molar-refractivity contribution in [3.63, 3.8) is 0 Å². The van der Waals surface area contributed by atoms with Gasteiger partial charge in [0.15, 0.2) is 0 Å². The molecule has 6 nitrogen and oxygen atoms in total. The van der Waals surface area contributed by atoms with Crippen molar-refractivity contribution in [1.82, 2.24) is 4.98 Å². The van der Waals surface area contributed by atoms with Crippen molar-refractivity contribution < 1.29 is 19.0 Å². The summed E-state index contributed by atoms with van der Waals surface area (Å²) in [6, 6.07) is 14.7. The van der Waals surface area contributed by atoms with Gasteiger partial charge < -0.3 is 14.2 Å². The number of anilines is 1. The van der Waals surface area contributed by atoms with E-state index in [0.29, 0.717) is 22.2 Å². The van der Waals surface area contributed by atoms with Crippen LogP contribution in [0.3, 0.4) is 0 Å². The van der Waals surface area contributed by atoms with Crippen molar-refractivity contribution in [2.75, 3.05) is 19.5 Å². The molecule has 7 heteroatoms. The zero-order valence-corrected chi connectivity index (χ0v) is 16.2. The summed E-state index contributed by atoms with van der Waals surface area (Å²) >= 11 is 6.10. The third-order valence-corrected chi connectivity index (χ3v) is 4.32. The van der Waals surface area contributed by atoms with Gasteiger partial charge in [0, 0.05) is 18.5 Å². The highest BCUT2D eigenvalue weighted by Crippen LogP contribution is 2.35. The Hall–Kier alpha value is -3.25. The van der Waals surface area contributed by atoms with Crippen LogP contribution in [-0.4, -0.2) is 25.3 Å². The van der Waals surface area contributed by atoms with Gasteiger partial charge in [0.05, 0.1) is 24.9 Å². The molecule has 2 aromatic carbocycles. The van der Waals surface area contributed by atoms with Crippen molar-refractivity contribution in [3.05, 3.63) is 71.5 Å². The topological polar surface area (TPSA) is 69.7 Å². The average Bonchev–Trinajstić information content (AvgIpc) is 2.73. The molecule has 3 aromatic rings. The van der Waals surface area contributed by atoms with Gasteiger partial charge in [-0.2, -0.15) is 0 Å². The zero-order valence-electron chi connectivity index (χ0n) is 15.4. The maximum Gasteiger partial charge on any atom is 0.412 e. The molecule has 0 bridgehead atoms. The molecule has 0 spiro atoms. The number of benzene rings is 2. The molecule has 0 unspecified atom stereocenters. The van der Waals surface area contributed by atoms with Gasteiger partial charge in [0.1, 0.15) is 18.1 Å². The van der Waals surface area contributed by atoms with Gasteiger partial charge in [-0.15, -0.1) is 0 Å². The summed E-state index contributed by atoms with van der Waals surface area (Å²) in [6.07, 6.45) is 2.91. The lowest BCUT2D eigenvalue weighted by atomic mass is 10.1. The van der Waals surface area contributed by atoms with Gasteiger partial charge in [-0.05, 0) is 28.8 Å². The van der Waals surface area contributed by atoms with E-state index in [-0.39, 0.29) is 6.61 Å². The third-order valence-electron chi connectivity index (χ3n) is 4.03. The number of aromatic nitrogens is 1. The highest BCUT2D eigenvalue weighted by molar-refractivity contribution is 6.32. The maximum atomic E-state index is 12.1. The molecule has 0 saturated heterocycles. The van der Waals surface area contributed by atoms with Gasteiger partial charge in [0.25, 0.3) is 0 Å². The van der Waals surface area contributed by atoms with E-state index in [4.69, 9.17) is 25.8 Å². The van der Waals surface area contributed by atoms with Gasteiger partial charge >= 0.3 is 6.09 Å². The Morgan fingerprint density at radius 3 is 2.43 bits per heavy atom. The van der Waals surface area contributed by atoms with Crippen molar-refractivity contribution in [2.24, 2.45) is 0 Å².